The molecule has 2 unspecified atom stereocenters. The van der Waals surface area contributed by atoms with Crippen molar-refractivity contribution in [1.82, 2.24) is 0 Å². The van der Waals surface area contributed by atoms with Gasteiger partial charge in [0.25, 0.3) is 0 Å². The Labute approximate surface area is 107 Å². The van der Waals surface area contributed by atoms with Crippen molar-refractivity contribution in [3.8, 4) is 0 Å². The third-order valence-electron chi connectivity index (χ3n) is 3.45. The maximum atomic E-state index is 5.99. The van der Waals surface area contributed by atoms with Crippen LogP contribution >= 0.6 is 0 Å². The Bertz CT molecular complexity index is 350. The van der Waals surface area contributed by atoms with Gasteiger partial charge in [-0.2, -0.15) is 0 Å². The van der Waals surface area contributed by atoms with Crippen LogP contribution in [0.5, 0.6) is 0 Å². The summed E-state index contributed by atoms with van der Waals surface area (Å²) >= 11 is 0. The molecule has 2 N–H and O–H groups in total. The largest absolute Gasteiger partial charge is 0.327 e. The van der Waals surface area contributed by atoms with Crippen LogP contribution in [-0.4, -0.2) is 6.04 Å². The summed E-state index contributed by atoms with van der Waals surface area (Å²) in [4.78, 5) is 0. The predicted octanol–water partition coefficient (Wildman–Crippen LogP) is 4.38. The Morgan fingerprint density at radius 2 is 1.65 bits per heavy atom. The minimum absolute atomic E-state index is 0.173. The molecule has 2 atom stereocenters. The normalized spacial score (nSPS) is 16.4. The maximum Gasteiger partial charge on any atom is 0.00736 e. The summed E-state index contributed by atoms with van der Waals surface area (Å²) in [5.74, 6) is 0.383. The average molecular weight is 233 g/mol. The zero-order valence-electron chi connectivity index (χ0n) is 12.2. The Morgan fingerprint density at radius 1 is 1.12 bits per heavy atom. The molecule has 0 amide bonds. The Hall–Kier alpha value is -1.08. The standard InChI is InChI=1S/C16H27N/c1-8-9-10-16(12(4)11(2)3)14(6)13(5)15(7)17/h8-10,13,15H,1,17H2,2-7H3/b10-9-,16-14+. The maximum absolute atomic E-state index is 5.99. The van der Waals surface area contributed by atoms with Gasteiger partial charge in [0.15, 0.2) is 0 Å². The van der Waals surface area contributed by atoms with Crippen LogP contribution in [-0.2, 0) is 0 Å². The van der Waals surface area contributed by atoms with Gasteiger partial charge in [-0.3, -0.25) is 0 Å². The zero-order valence-corrected chi connectivity index (χ0v) is 12.2. The molecule has 0 aliphatic heterocycles. The fourth-order valence-corrected chi connectivity index (χ4v) is 1.63. The van der Waals surface area contributed by atoms with Crippen LogP contribution in [0.2, 0.25) is 0 Å². The average Bonchev–Trinajstić information content (AvgIpc) is 2.27. The molecule has 0 aromatic rings. The minimum Gasteiger partial charge on any atom is -0.327 e. The van der Waals surface area contributed by atoms with E-state index in [2.05, 4.69) is 54.2 Å². The highest BCUT2D eigenvalue weighted by atomic mass is 14.6. The van der Waals surface area contributed by atoms with Crippen molar-refractivity contribution in [2.75, 3.05) is 0 Å². The number of allylic oxidation sites excluding steroid dienone is 6. The zero-order chi connectivity index (χ0) is 13.6. The van der Waals surface area contributed by atoms with Gasteiger partial charge in [0.1, 0.15) is 0 Å². The summed E-state index contributed by atoms with van der Waals surface area (Å²) < 4.78 is 0. The minimum atomic E-state index is 0.173. The molecular weight excluding hydrogens is 206 g/mol. The molecule has 96 valence electrons. The summed E-state index contributed by atoms with van der Waals surface area (Å²) in [5.41, 5.74) is 11.3. The van der Waals surface area contributed by atoms with Gasteiger partial charge in [-0.1, -0.05) is 42.9 Å². The van der Waals surface area contributed by atoms with Gasteiger partial charge in [0.05, 0.1) is 0 Å². The second kappa shape index (κ2) is 7.29. The van der Waals surface area contributed by atoms with E-state index in [0.29, 0.717) is 5.92 Å². The van der Waals surface area contributed by atoms with E-state index in [0.717, 1.165) is 0 Å². The Balaban J connectivity index is 5.60. The Morgan fingerprint density at radius 3 is 2.00 bits per heavy atom. The molecule has 0 aliphatic carbocycles. The first-order chi connectivity index (χ1) is 7.82. The van der Waals surface area contributed by atoms with Crippen molar-refractivity contribution in [3.63, 3.8) is 0 Å². The van der Waals surface area contributed by atoms with Crippen molar-refractivity contribution in [1.29, 1.82) is 0 Å². The van der Waals surface area contributed by atoms with E-state index < -0.39 is 0 Å². The van der Waals surface area contributed by atoms with Crippen LogP contribution in [0.4, 0.5) is 0 Å². The van der Waals surface area contributed by atoms with Crippen molar-refractivity contribution < 1.29 is 0 Å². The fraction of sp³-hybridized carbons (Fsp3) is 0.500. The third kappa shape index (κ3) is 4.74. The summed E-state index contributed by atoms with van der Waals surface area (Å²) in [5, 5.41) is 0. The van der Waals surface area contributed by atoms with E-state index in [1.165, 1.54) is 22.3 Å². The van der Waals surface area contributed by atoms with Gasteiger partial charge in [-0.25, -0.2) is 0 Å². The molecule has 0 aliphatic rings. The lowest BCUT2D eigenvalue weighted by atomic mass is 9.88. The molecule has 0 rings (SSSR count). The Kier molecular flexibility index (Phi) is 6.82. The first-order valence-electron chi connectivity index (χ1n) is 6.22. The van der Waals surface area contributed by atoms with Crippen molar-refractivity contribution in [3.05, 3.63) is 47.1 Å². The predicted molar refractivity (Wildman–Crippen MR) is 78.9 cm³/mol. The van der Waals surface area contributed by atoms with Crippen LogP contribution in [0.3, 0.4) is 0 Å². The van der Waals surface area contributed by atoms with Crippen molar-refractivity contribution in [2.45, 2.75) is 47.6 Å². The van der Waals surface area contributed by atoms with Gasteiger partial charge in [0, 0.05) is 6.04 Å². The number of hydrogen-bond acceptors (Lipinski definition) is 1. The number of hydrogen-bond donors (Lipinski definition) is 1. The topological polar surface area (TPSA) is 26.0 Å². The van der Waals surface area contributed by atoms with Gasteiger partial charge in [-0.15, -0.1) is 0 Å². The van der Waals surface area contributed by atoms with Crippen LogP contribution in [0.25, 0.3) is 0 Å². The molecular formula is C16H27N. The first-order valence-corrected chi connectivity index (χ1v) is 6.22. The molecule has 1 heteroatoms. The van der Waals surface area contributed by atoms with E-state index in [1.54, 1.807) is 0 Å². The van der Waals surface area contributed by atoms with Crippen LogP contribution < -0.4 is 5.73 Å². The third-order valence-corrected chi connectivity index (χ3v) is 3.45. The molecule has 0 bridgehead atoms. The van der Waals surface area contributed by atoms with E-state index in [1.807, 2.05) is 12.2 Å². The highest BCUT2D eigenvalue weighted by Crippen LogP contribution is 2.25. The van der Waals surface area contributed by atoms with E-state index in [9.17, 15) is 0 Å². The highest BCUT2D eigenvalue weighted by molar-refractivity contribution is 5.45. The van der Waals surface area contributed by atoms with E-state index in [4.69, 9.17) is 5.73 Å². The summed E-state index contributed by atoms with van der Waals surface area (Å²) in [7, 11) is 0. The molecule has 0 fully saturated rings. The smallest absolute Gasteiger partial charge is 0.00736 e. The SMILES string of the molecule is C=C/C=C\C(C(C)=C(C)C)=C(\C)C(C)C(C)N. The van der Waals surface area contributed by atoms with Crippen molar-refractivity contribution in [2.24, 2.45) is 11.7 Å². The molecule has 0 saturated carbocycles. The molecule has 0 aromatic carbocycles. The van der Waals surface area contributed by atoms with Crippen LogP contribution in [0.15, 0.2) is 47.1 Å². The van der Waals surface area contributed by atoms with E-state index in [-0.39, 0.29) is 6.04 Å². The van der Waals surface area contributed by atoms with Gasteiger partial charge >= 0.3 is 0 Å². The molecule has 0 radical (unpaired) electrons. The molecule has 0 aromatic heterocycles. The lowest BCUT2D eigenvalue weighted by Gasteiger charge is -2.20. The molecule has 17 heavy (non-hydrogen) atoms. The number of nitrogens with two attached hydrogens (primary N) is 1. The number of rotatable bonds is 5. The molecule has 0 saturated heterocycles. The summed E-state index contributed by atoms with van der Waals surface area (Å²) in [6, 6.07) is 0.173. The molecule has 0 heterocycles. The summed E-state index contributed by atoms with van der Waals surface area (Å²) in [6.07, 6.45) is 5.92. The molecule has 0 spiro atoms. The summed E-state index contributed by atoms with van der Waals surface area (Å²) in [6.45, 7) is 16.6. The molecule has 1 nitrogen and oxygen atoms in total. The lowest BCUT2D eigenvalue weighted by molar-refractivity contribution is 0.551. The second-order valence-electron chi connectivity index (χ2n) is 4.96. The van der Waals surface area contributed by atoms with Crippen molar-refractivity contribution >= 4 is 0 Å². The van der Waals surface area contributed by atoms with Crippen LogP contribution in [0.1, 0.15) is 41.5 Å². The van der Waals surface area contributed by atoms with Gasteiger partial charge < -0.3 is 5.73 Å². The quantitative estimate of drug-likeness (QED) is 0.700. The second-order valence-corrected chi connectivity index (χ2v) is 4.96. The van der Waals surface area contributed by atoms with Gasteiger partial charge in [0.2, 0.25) is 0 Å². The lowest BCUT2D eigenvalue weighted by Crippen LogP contribution is -2.25. The fourth-order valence-electron chi connectivity index (χ4n) is 1.63. The van der Waals surface area contributed by atoms with Crippen LogP contribution in [0, 0.1) is 5.92 Å². The van der Waals surface area contributed by atoms with Gasteiger partial charge in [-0.05, 0) is 51.7 Å². The van der Waals surface area contributed by atoms with E-state index >= 15 is 0 Å². The monoisotopic (exact) mass is 233 g/mol. The highest BCUT2D eigenvalue weighted by Gasteiger charge is 2.13. The first kappa shape index (κ1) is 15.9.